The van der Waals surface area contributed by atoms with Crippen molar-refractivity contribution in [3.63, 3.8) is 0 Å². The van der Waals surface area contributed by atoms with Gasteiger partial charge in [-0.2, -0.15) is 18.4 Å². The Balaban J connectivity index is 0. The summed E-state index contributed by atoms with van der Waals surface area (Å²) in [5, 5.41) is 9.85. The third kappa shape index (κ3) is 2.24. The summed E-state index contributed by atoms with van der Waals surface area (Å²) >= 11 is 0. The maximum atomic E-state index is 11.4. The molecule has 10 heavy (non-hydrogen) atoms. The van der Waals surface area contributed by atoms with E-state index in [9.17, 15) is 13.2 Å². The average Bonchev–Trinajstić information content (AvgIpc) is 2.08. The van der Waals surface area contributed by atoms with Crippen LogP contribution in [0.15, 0.2) is 0 Å². The molecule has 0 unspecified atom stereocenters. The molecule has 0 aliphatic carbocycles. The molecule has 1 rings (SSSR count). The van der Waals surface area contributed by atoms with Crippen LogP contribution in [0.1, 0.15) is 7.25 Å². The molecule has 0 bridgehead atoms. The number of hydrogen-bond acceptors (Lipinski definition) is 3. The van der Waals surface area contributed by atoms with Crippen molar-refractivity contribution in [3.8, 4) is 0 Å². The quantitative estimate of drug-likeness (QED) is 0.423. The molecule has 1 aromatic rings. The van der Waals surface area contributed by atoms with Gasteiger partial charge in [0.2, 0.25) is 0 Å². The van der Waals surface area contributed by atoms with E-state index in [1.54, 1.807) is 5.21 Å². The Kier molecular flexibility index (Phi) is 3.26. The second-order valence-corrected chi connectivity index (χ2v) is 1.23. The van der Waals surface area contributed by atoms with Crippen LogP contribution < -0.4 is 29.6 Å². The minimum atomic E-state index is -4.49. The summed E-state index contributed by atoms with van der Waals surface area (Å²) in [4.78, 5) is 0. The van der Waals surface area contributed by atoms with Gasteiger partial charge in [-0.15, -0.1) is 10.2 Å². The molecular formula is C2H2F3N4Na. The molecule has 1 heterocycles. The number of hydrogen-bond donors (Lipinski definition) is 1. The smallest absolute Gasteiger partial charge is 1.00 e. The number of halogens is 3. The van der Waals surface area contributed by atoms with Gasteiger partial charge in [-0.05, 0) is 5.21 Å². The van der Waals surface area contributed by atoms with Gasteiger partial charge in [0.25, 0.3) is 5.82 Å². The van der Waals surface area contributed by atoms with Crippen molar-refractivity contribution in [2.75, 3.05) is 0 Å². The molecule has 0 saturated heterocycles. The molecule has 0 aromatic carbocycles. The molecule has 0 radical (unpaired) electrons. The van der Waals surface area contributed by atoms with Crippen molar-refractivity contribution in [2.24, 2.45) is 0 Å². The minimum Gasteiger partial charge on any atom is -1.00 e. The Labute approximate surface area is 77.0 Å². The van der Waals surface area contributed by atoms with Crippen LogP contribution in [-0.4, -0.2) is 20.6 Å². The van der Waals surface area contributed by atoms with Gasteiger partial charge in [0.1, 0.15) is 0 Å². The van der Waals surface area contributed by atoms with Crippen molar-refractivity contribution in [3.05, 3.63) is 5.82 Å². The van der Waals surface area contributed by atoms with Gasteiger partial charge in [0.05, 0.1) is 0 Å². The third-order valence-corrected chi connectivity index (χ3v) is 0.599. The fourth-order valence-electron chi connectivity index (χ4n) is 0.282. The van der Waals surface area contributed by atoms with Crippen molar-refractivity contribution >= 4 is 0 Å². The molecule has 0 amide bonds. The van der Waals surface area contributed by atoms with Crippen LogP contribution in [0.2, 0.25) is 0 Å². The van der Waals surface area contributed by atoms with E-state index in [0.717, 1.165) is 0 Å². The molecule has 0 atom stereocenters. The molecule has 0 fully saturated rings. The first-order valence-corrected chi connectivity index (χ1v) is 1.91. The predicted octanol–water partition coefficient (Wildman–Crippen LogP) is -2.67. The van der Waals surface area contributed by atoms with E-state index >= 15 is 0 Å². The first-order chi connectivity index (χ1) is 4.11. The molecule has 1 N–H and O–H groups in total. The number of alkyl halides is 3. The molecule has 4 nitrogen and oxygen atoms in total. The van der Waals surface area contributed by atoms with Crippen LogP contribution in [-0.2, 0) is 6.18 Å². The SMILES string of the molecule is FC(F)(F)c1nn[nH]n1.[H-].[Na+]. The van der Waals surface area contributed by atoms with Crippen molar-refractivity contribution in [1.29, 1.82) is 0 Å². The zero-order chi connectivity index (χ0) is 6.91. The van der Waals surface area contributed by atoms with E-state index < -0.39 is 12.0 Å². The zero-order valence-corrected chi connectivity index (χ0v) is 6.98. The van der Waals surface area contributed by atoms with E-state index in [0.29, 0.717) is 0 Å². The molecule has 52 valence electrons. The van der Waals surface area contributed by atoms with Crippen molar-refractivity contribution in [1.82, 2.24) is 20.6 Å². The van der Waals surface area contributed by atoms with E-state index in [4.69, 9.17) is 0 Å². The summed E-state index contributed by atoms with van der Waals surface area (Å²) in [6, 6.07) is 0. The number of rotatable bonds is 0. The normalized spacial score (nSPS) is 10.7. The molecule has 0 aliphatic rings. The summed E-state index contributed by atoms with van der Waals surface area (Å²) in [6.45, 7) is 0. The van der Waals surface area contributed by atoms with Crippen LogP contribution in [0, 0.1) is 0 Å². The maximum absolute atomic E-state index is 11.4. The molecule has 1 aromatic heterocycles. The van der Waals surface area contributed by atoms with E-state index in [1.807, 2.05) is 0 Å². The zero-order valence-electron chi connectivity index (χ0n) is 5.98. The number of H-pyrrole nitrogens is 1. The fourth-order valence-corrected chi connectivity index (χ4v) is 0.282. The monoisotopic (exact) mass is 162 g/mol. The van der Waals surface area contributed by atoms with Gasteiger partial charge in [-0.1, -0.05) is 0 Å². The summed E-state index contributed by atoms with van der Waals surface area (Å²) < 4.78 is 34.3. The number of tetrazole rings is 1. The molecule has 0 spiro atoms. The first kappa shape index (κ1) is 9.86. The second-order valence-electron chi connectivity index (χ2n) is 1.23. The standard InChI is InChI=1S/C2HF3N4.Na.H/c3-2(4,5)1-6-8-9-7-1;;/h(H,6,7,8,9);;/q;+1;-1. The Morgan fingerprint density at radius 1 is 1.40 bits per heavy atom. The number of nitrogens with zero attached hydrogens (tertiary/aromatic N) is 3. The van der Waals surface area contributed by atoms with Gasteiger partial charge in [-0.25, -0.2) is 0 Å². The topological polar surface area (TPSA) is 54.5 Å². The molecule has 8 heteroatoms. The van der Waals surface area contributed by atoms with Crippen LogP contribution in [0.25, 0.3) is 0 Å². The Bertz CT molecular complexity index is 186. The number of aromatic amines is 1. The van der Waals surface area contributed by atoms with Crippen LogP contribution in [0.4, 0.5) is 13.2 Å². The van der Waals surface area contributed by atoms with Crippen molar-refractivity contribution < 1.29 is 44.2 Å². The Hall–Kier alpha value is -0.140. The summed E-state index contributed by atoms with van der Waals surface area (Å²) in [7, 11) is 0. The average molecular weight is 162 g/mol. The second kappa shape index (κ2) is 3.31. The predicted molar refractivity (Wildman–Crippen MR) is 20.3 cm³/mol. The van der Waals surface area contributed by atoms with E-state index in [2.05, 4.69) is 15.4 Å². The summed E-state index contributed by atoms with van der Waals surface area (Å²) in [6.07, 6.45) is -4.49. The number of aromatic nitrogens is 4. The van der Waals surface area contributed by atoms with Gasteiger partial charge < -0.3 is 1.43 Å². The van der Waals surface area contributed by atoms with Gasteiger partial charge >= 0.3 is 35.7 Å². The van der Waals surface area contributed by atoms with Gasteiger partial charge in [0.15, 0.2) is 0 Å². The molecular weight excluding hydrogens is 160 g/mol. The van der Waals surface area contributed by atoms with Crippen LogP contribution in [0.3, 0.4) is 0 Å². The van der Waals surface area contributed by atoms with Crippen LogP contribution >= 0.6 is 0 Å². The maximum Gasteiger partial charge on any atom is 1.00 e. The summed E-state index contributed by atoms with van der Waals surface area (Å²) in [5.74, 6) is -1.25. The van der Waals surface area contributed by atoms with E-state index in [-0.39, 0.29) is 31.0 Å². The third-order valence-electron chi connectivity index (χ3n) is 0.599. The Morgan fingerprint density at radius 3 is 2.20 bits per heavy atom. The van der Waals surface area contributed by atoms with Crippen molar-refractivity contribution in [2.45, 2.75) is 6.18 Å². The minimum absolute atomic E-state index is 0. The van der Waals surface area contributed by atoms with Gasteiger partial charge in [0, 0.05) is 0 Å². The Morgan fingerprint density at radius 2 is 2.00 bits per heavy atom. The van der Waals surface area contributed by atoms with E-state index in [1.165, 1.54) is 0 Å². The largest absolute Gasteiger partial charge is 1.00 e. The fraction of sp³-hybridized carbons (Fsp3) is 0.500. The number of nitrogens with one attached hydrogen (secondary N) is 1. The van der Waals surface area contributed by atoms with Gasteiger partial charge in [-0.3, -0.25) is 0 Å². The van der Waals surface area contributed by atoms with Crippen LogP contribution in [0.5, 0.6) is 0 Å². The molecule has 0 aliphatic heterocycles. The first-order valence-electron chi connectivity index (χ1n) is 1.91. The molecule has 0 saturated carbocycles. The summed E-state index contributed by atoms with van der Waals surface area (Å²) in [5.41, 5.74) is 0.